The van der Waals surface area contributed by atoms with E-state index in [1.165, 1.54) is 26.2 Å². The third-order valence-electron chi connectivity index (χ3n) is 7.24. The van der Waals surface area contributed by atoms with Gasteiger partial charge in [-0.2, -0.15) is 0 Å². The average Bonchev–Trinajstić information content (AvgIpc) is 3.47. The number of methoxy groups -OCH3 is 1. The van der Waals surface area contributed by atoms with Gasteiger partial charge in [-0.15, -0.1) is 5.10 Å². The molecule has 14 heteroatoms. The second-order valence-electron chi connectivity index (χ2n) is 11.1. The minimum atomic E-state index is -1.41. The number of hydrogen-bond donors (Lipinski definition) is 5. The highest BCUT2D eigenvalue weighted by atomic mass is 16.5. The summed E-state index contributed by atoms with van der Waals surface area (Å²) in [7, 11) is 1.47. The van der Waals surface area contributed by atoms with E-state index in [2.05, 4.69) is 31.6 Å². The summed E-state index contributed by atoms with van der Waals surface area (Å²) >= 11 is 0. The number of rotatable bonds is 5. The van der Waals surface area contributed by atoms with E-state index >= 15 is 0 Å². The van der Waals surface area contributed by atoms with Crippen molar-refractivity contribution in [2.75, 3.05) is 13.7 Å². The van der Waals surface area contributed by atoms with Crippen LogP contribution < -0.4 is 30.7 Å². The molecule has 45 heavy (non-hydrogen) atoms. The molecule has 1 aliphatic rings. The van der Waals surface area contributed by atoms with Crippen molar-refractivity contribution >= 4 is 23.6 Å². The van der Waals surface area contributed by atoms with Gasteiger partial charge in [0.15, 0.2) is 11.5 Å². The number of ether oxygens (including phenoxy) is 2. The minimum absolute atomic E-state index is 0.0245. The summed E-state index contributed by atoms with van der Waals surface area (Å²) in [6.45, 7) is 5.31. The van der Waals surface area contributed by atoms with Crippen LogP contribution in [0.2, 0.25) is 0 Å². The molecule has 0 radical (unpaired) electrons. The molecule has 240 valence electrons. The first-order valence-electron chi connectivity index (χ1n) is 14.7. The zero-order valence-electron chi connectivity index (χ0n) is 25.6. The maximum absolute atomic E-state index is 13.5. The van der Waals surface area contributed by atoms with Crippen LogP contribution in [0.25, 0.3) is 0 Å². The number of aromatic nitrogens is 3. The fourth-order valence-electron chi connectivity index (χ4n) is 4.74. The summed E-state index contributed by atoms with van der Waals surface area (Å²) in [6, 6.07) is 10.2. The largest absolute Gasteiger partial charge is 0.493 e. The predicted molar refractivity (Wildman–Crippen MR) is 162 cm³/mol. The summed E-state index contributed by atoms with van der Waals surface area (Å²) in [6.07, 6.45) is 0.511. The summed E-state index contributed by atoms with van der Waals surface area (Å²) in [4.78, 5) is 53.5. The van der Waals surface area contributed by atoms with Crippen LogP contribution in [0, 0.1) is 5.92 Å². The van der Waals surface area contributed by atoms with Gasteiger partial charge in [-0.05, 0) is 36.6 Å². The minimum Gasteiger partial charge on any atom is -0.493 e. The third kappa shape index (κ3) is 8.79. The molecular formula is C31H39N7O7. The summed E-state index contributed by atoms with van der Waals surface area (Å²) in [5.74, 6) is -2.19. The fraction of sp³-hybridized carbons (Fsp3) is 0.419. The van der Waals surface area contributed by atoms with Gasteiger partial charge in [-0.1, -0.05) is 49.4 Å². The van der Waals surface area contributed by atoms with Gasteiger partial charge in [0, 0.05) is 18.5 Å². The molecule has 4 bridgehead atoms. The number of aliphatic hydroxyl groups is 1. The monoisotopic (exact) mass is 621 g/mol. The van der Waals surface area contributed by atoms with Crippen LogP contribution in [-0.4, -0.2) is 81.6 Å². The molecule has 2 aromatic carbocycles. The molecule has 4 amide bonds. The lowest BCUT2D eigenvalue weighted by atomic mass is 10.0. The number of nitrogens with zero attached hydrogens (tertiary/aromatic N) is 3. The van der Waals surface area contributed by atoms with Gasteiger partial charge < -0.3 is 35.8 Å². The van der Waals surface area contributed by atoms with Crippen molar-refractivity contribution < 1.29 is 33.8 Å². The molecule has 0 aliphatic carbocycles. The van der Waals surface area contributed by atoms with Gasteiger partial charge in [-0.3, -0.25) is 23.9 Å². The predicted octanol–water partition coefficient (Wildman–Crippen LogP) is 0.343. The van der Waals surface area contributed by atoms with Crippen molar-refractivity contribution in [3.05, 3.63) is 71.5 Å². The van der Waals surface area contributed by atoms with E-state index in [9.17, 15) is 24.3 Å². The van der Waals surface area contributed by atoms with Gasteiger partial charge in [0.25, 0.3) is 5.91 Å². The molecule has 1 aromatic heterocycles. The summed E-state index contributed by atoms with van der Waals surface area (Å²) in [5, 5.41) is 29.5. The summed E-state index contributed by atoms with van der Waals surface area (Å²) < 4.78 is 12.8. The lowest BCUT2D eigenvalue weighted by Crippen LogP contribution is -2.60. The van der Waals surface area contributed by atoms with E-state index < -0.39 is 47.9 Å². The number of benzene rings is 2. The Morgan fingerprint density at radius 3 is 2.40 bits per heavy atom. The number of nitrogens with one attached hydrogen (secondary N) is 4. The van der Waals surface area contributed by atoms with Crippen LogP contribution in [-0.2, 0) is 34.0 Å². The van der Waals surface area contributed by atoms with Crippen LogP contribution in [0.5, 0.6) is 11.5 Å². The fourth-order valence-corrected chi connectivity index (χ4v) is 4.74. The molecule has 5 N–H and O–H groups in total. The average molecular weight is 622 g/mol. The molecule has 0 saturated heterocycles. The third-order valence-corrected chi connectivity index (χ3v) is 7.24. The lowest BCUT2D eigenvalue weighted by Gasteiger charge is -2.28. The van der Waals surface area contributed by atoms with Crippen molar-refractivity contribution in [2.45, 2.75) is 64.6 Å². The Morgan fingerprint density at radius 1 is 0.978 bits per heavy atom. The highest BCUT2D eigenvalue weighted by molar-refractivity contribution is 5.99. The molecule has 0 spiro atoms. The number of amides is 4. The Balaban J connectivity index is 1.66. The normalized spacial score (nSPS) is 20.9. The molecule has 4 atom stereocenters. The number of carbonyl (C=O) groups is 4. The number of hydrogen-bond acceptors (Lipinski definition) is 9. The van der Waals surface area contributed by atoms with Gasteiger partial charge in [0.05, 0.1) is 26.0 Å². The van der Waals surface area contributed by atoms with Crippen LogP contribution in [0.15, 0.2) is 54.7 Å². The summed E-state index contributed by atoms with van der Waals surface area (Å²) in [5.41, 5.74) is 1.50. The SMILES string of the molecule is COc1ccc2cc1OCc1cn(nn1)CCNC(=O)[C@H](Cc1ccccc1)NC(=O)[C@H]([C@@H](C)O)NC(=O)[C@@H](C(C)C)NC2=O. The number of fused-ring (bicyclic) bond motifs is 4. The molecule has 0 saturated carbocycles. The number of aliphatic hydroxyl groups excluding tert-OH is 1. The van der Waals surface area contributed by atoms with Gasteiger partial charge >= 0.3 is 0 Å². The Morgan fingerprint density at radius 2 is 1.71 bits per heavy atom. The van der Waals surface area contributed by atoms with Crippen LogP contribution >= 0.6 is 0 Å². The zero-order chi connectivity index (χ0) is 32.5. The van der Waals surface area contributed by atoms with E-state index in [0.29, 0.717) is 11.4 Å². The van der Waals surface area contributed by atoms with E-state index in [1.54, 1.807) is 30.8 Å². The smallest absolute Gasteiger partial charge is 0.252 e. The highest BCUT2D eigenvalue weighted by Crippen LogP contribution is 2.29. The second kappa shape index (κ2) is 15.1. The van der Waals surface area contributed by atoms with Crippen molar-refractivity contribution in [3.8, 4) is 11.5 Å². The molecule has 3 aromatic rings. The maximum Gasteiger partial charge on any atom is 0.252 e. The molecule has 2 heterocycles. The molecule has 1 aliphatic heterocycles. The van der Waals surface area contributed by atoms with Crippen LogP contribution in [0.4, 0.5) is 0 Å². The van der Waals surface area contributed by atoms with Crippen LogP contribution in [0.3, 0.4) is 0 Å². The molecule has 0 unspecified atom stereocenters. The quantitative estimate of drug-likeness (QED) is 0.268. The number of carbonyl (C=O) groups excluding carboxylic acids is 4. The van der Waals surface area contributed by atoms with E-state index in [1.807, 2.05) is 30.3 Å². The van der Waals surface area contributed by atoms with E-state index in [4.69, 9.17) is 9.47 Å². The molecular weight excluding hydrogens is 582 g/mol. The van der Waals surface area contributed by atoms with Crippen LogP contribution in [0.1, 0.15) is 42.4 Å². The maximum atomic E-state index is 13.5. The Labute approximate surface area is 260 Å². The van der Waals surface area contributed by atoms with Crippen molar-refractivity contribution in [1.82, 2.24) is 36.3 Å². The van der Waals surface area contributed by atoms with Gasteiger partial charge in [0.1, 0.15) is 30.4 Å². The Kier molecular flexibility index (Phi) is 11.1. The van der Waals surface area contributed by atoms with E-state index in [-0.39, 0.29) is 43.3 Å². The molecule has 0 fully saturated rings. The molecule has 4 rings (SSSR count). The Bertz CT molecular complexity index is 1490. The first-order chi connectivity index (χ1) is 21.5. The highest BCUT2D eigenvalue weighted by Gasteiger charge is 2.33. The van der Waals surface area contributed by atoms with Crippen molar-refractivity contribution in [3.63, 3.8) is 0 Å². The standard InChI is InChI=1S/C31H39N7O7/c1-18(2)26-30(42)35-27(19(3)39)31(43)33-23(14-20-8-6-5-7-9-20)29(41)32-12-13-38-16-22(36-37-38)17-45-25-15-21(28(40)34-26)10-11-24(25)44-4/h5-11,15-16,18-19,23,26-27,39H,12-14,17H2,1-4H3,(H,32,41)(H,33,43)(H,34,40)(H,35,42)/t19-,23+,26-,27+/m1/s1. The lowest BCUT2D eigenvalue weighted by molar-refractivity contribution is -0.135. The zero-order valence-corrected chi connectivity index (χ0v) is 25.6. The first-order valence-corrected chi connectivity index (χ1v) is 14.7. The Hall–Kier alpha value is -4.98. The molecule has 14 nitrogen and oxygen atoms in total. The van der Waals surface area contributed by atoms with E-state index in [0.717, 1.165) is 5.56 Å². The first kappa shape index (κ1) is 32.9. The van der Waals surface area contributed by atoms with Gasteiger partial charge in [-0.25, -0.2) is 0 Å². The topological polar surface area (TPSA) is 186 Å². The van der Waals surface area contributed by atoms with Gasteiger partial charge in [0.2, 0.25) is 17.7 Å². The van der Waals surface area contributed by atoms with Crippen molar-refractivity contribution in [2.24, 2.45) is 5.92 Å². The van der Waals surface area contributed by atoms with Crippen molar-refractivity contribution in [1.29, 1.82) is 0 Å². The second-order valence-corrected chi connectivity index (χ2v) is 11.1.